The SMILES string of the molecule is CNCCc1nc(-c2ccc3c(c2)CCO3)cn1C. The molecule has 4 nitrogen and oxygen atoms in total. The molecule has 2 heterocycles. The maximum Gasteiger partial charge on any atom is 0.122 e. The van der Waals surface area contributed by atoms with Crippen molar-refractivity contribution in [3.8, 4) is 17.0 Å². The minimum Gasteiger partial charge on any atom is -0.493 e. The van der Waals surface area contributed by atoms with E-state index in [2.05, 4.69) is 41.3 Å². The number of rotatable bonds is 4. The smallest absolute Gasteiger partial charge is 0.122 e. The molecule has 0 saturated carbocycles. The van der Waals surface area contributed by atoms with E-state index in [9.17, 15) is 0 Å². The summed E-state index contributed by atoms with van der Waals surface area (Å²) in [6, 6.07) is 6.35. The number of likely N-dealkylation sites (N-methyl/N-ethyl adjacent to an activating group) is 1. The van der Waals surface area contributed by atoms with Crippen molar-refractivity contribution in [1.82, 2.24) is 14.9 Å². The van der Waals surface area contributed by atoms with Crippen LogP contribution in [0.5, 0.6) is 5.75 Å². The van der Waals surface area contributed by atoms with Gasteiger partial charge in [0.25, 0.3) is 0 Å². The first kappa shape index (κ1) is 12.2. The zero-order valence-corrected chi connectivity index (χ0v) is 11.4. The van der Waals surface area contributed by atoms with E-state index in [1.807, 2.05) is 7.05 Å². The number of hydrogen-bond donors (Lipinski definition) is 1. The molecule has 0 saturated heterocycles. The standard InChI is InChI=1S/C15H19N3O/c1-16-7-5-15-17-13(10-18(15)2)11-3-4-14-12(9-11)6-8-19-14/h3-4,9-10,16H,5-8H2,1-2H3. The third-order valence-electron chi connectivity index (χ3n) is 3.56. The van der Waals surface area contributed by atoms with Crippen molar-refractivity contribution in [3.05, 3.63) is 35.8 Å². The van der Waals surface area contributed by atoms with Gasteiger partial charge in [-0.25, -0.2) is 4.98 Å². The van der Waals surface area contributed by atoms with E-state index in [1.165, 1.54) is 11.1 Å². The van der Waals surface area contributed by atoms with Crippen LogP contribution in [0.15, 0.2) is 24.4 Å². The third-order valence-corrected chi connectivity index (χ3v) is 3.56. The highest BCUT2D eigenvalue weighted by Crippen LogP contribution is 2.30. The Morgan fingerprint density at radius 1 is 1.42 bits per heavy atom. The number of fused-ring (bicyclic) bond motifs is 1. The monoisotopic (exact) mass is 257 g/mol. The molecule has 1 aromatic carbocycles. The lowest BCUT2D eigenvalue weighted by Crippen LogP contribution is -2.12. The molecule has 0 aliphatic carbocycles. The Balaban J connectivity index is 1.89. The number of nitrogens with zero attached hydrogens (tertiary/aromatic N) is 2. The van der Waals surface area contributed by atoms with Crippen molar-refractivity contribution >= 4 is 0 Å². The van der Waals surface area contributed by atoms with Crippen molar-refractivity contribution in [2.45, 2.75) is 12.8 Å². The fraction of sp³-hybridized carbons (Fsp3) is 0.400. The van der Waals surface area contributed by atoms with Gasteiger partial charge in [-0.15, -0.1) is 0 Å². The summed E-state index contributed by atoms with van der Waals surface area (Å²) >= 11 is 0. The quantitative estimate of drug-likeness (QED) is 0.907. The molecule has 0 fully saturated rings. The highest BCUT2D eigenvalue weighted by Gasteiger charge is 2.14. The molecular formula is C15H19N3O. The second-order valence-electron chi connectivity index (χ2n) is 4.93. The molecule has 1 N–H and O–H groups in total. The number of aromatic nitrogens is 2. The molecule has 1 aromatic heterocycles. The van der Waals surface area contributed by atoms with Crippen LogP contribution in [0.4, 0.5) is 0 Å². The van der Waals surface area contributed by atoms with Crippen LogP contribution in [0.2, 0.25) is 0 Å². The lowest BCUT2D eigenvalue weighted by Gasteiger charge is -2.01. The van der Waals surface area contributed by atoms with Gasteiger partial charge < -0.3 is 14.6 Å². The molecule has 0 radical (unpaired) electrons. The molecule has 19 heavy (non-hydrogen) atoms. The zero-order valence-electron chi connectivity index (χ0n) is 11.4. The molecule has 0 bridgehead atoms. The molecule has 0 atom stereocenters. The average Bonchev–Trinajstić information content (AvgIpc) is 3.02. The van der Waals surface area contributed by atoms with Crippen LogP contribution in [0.3, 0.4) is 0 Å². The Labute approximate surface area is 113 Å². The maximum absolute atomic E-state index is 5.54. The summed E-state index contributed by atoms with van der Waals surface area (Å²) < 4.78 is 7.65. The number of nitrogens with one attached hydrogen (secondary N) is 1. The summed E-state index contributed by atoms with van der Waals surface area (Å²) in [6.45, 7) is 1.75. The van der Waals surface area contributed by atoms with Crippen LogP contribution in [0.25, 0.3) is 11.3 Å². The van der Waals surface area contributed by atoms with E-state index in [0.29, 0.717) is 0 Å². The lowest BCUT2D eigenvalue weighted by molar-refractivity contribution is 0.357. The van der Waals surface area contributed by atoms with Crippen LogP contribution in [-0.2, 0) is 19.9 Å². The summed E-state index contributed by atoms with van der Waals surface area (Å²) in [6.07, 6.45) is 4.05. The molecule has 4 heteroatoms. The predicted molar refractivity (Wildman–Crippen MR) is 75.5 cm³/mol. The zero-order chi connectivity index (χ0) is 13.2. The number of benzene rings is 1. The van der Waals surface area contributed by atoms with E-state index < -0.39 is 0 Å². The lowest BCUT2D eigenvalue weighted by atomic mass is 10.1. The Morgan fingerprint density at radius 3 is 3.16 bits per heavy atom. The number of hydrogen-bond acceptors (Lipinski definition) is 3. The fourth-order valence-electron chi connectivity index (χ4n) is 2.46. The summed E-state index contributed by atoms with van der Waals surface area (Å²) in [5.41, 5.74) is 3.51. The Bertz CT molecular complexity index is 589. The maximum atomic E-state index is 5.54. The summed E-state index contributed by atoms with van der Waals surface area (Å²) in [5, 5.41) is 3.16. The van der Waals surface area contributed by atoms with Crippen LogP contribution >= 0.6 is 0 Å². The second-order valence-corrected chi connectivity index (χ2v) is 4.93. The molecule has 2 aromatic rings. The minimum absolute atomic E-state index is 0.800. The molecule has 100 valence electrons. The topological polar surface area (TPSA) is 39.1 Å². The van der Waals surface area contributed by atoms with E-state index in [1.54, 1.807) is 0 Å². The highest BCUT2D eigenvalue weighted by molar-refractivity contribution is 5.62. The first-order valence-corrected chi connectivity index (χ1v) is 6.71. The van der Waals surface area contributed by atoms with Gasteiger partial charge in [0.05, 0.1) is 12.3 Å². The van der Waals surface area contributed by atoms with Gasteiger partial charge >= 0.3 is 0 Å². The molecule has 0 spiro atoms. The predicted octanol–water partition coefficient (Wildman–Crippen LogP) is 1.78. The van der Waals surface area contributed by atoms with E-state index in [0.717, 1.165) is 43.3 Å². The van der Waals surface area contributed by atoms with E-state index in [4.69, 9.17) is 9.72 Å². The first-order valence-electron chi connectivity index (χ1n) is 6.71. The summed E-state index contributed by atoms with van der Waals surface area (Å²) in [7, 11) is 4.02. The van der Waals surface area contributed by atoms with Gasteiger partial charge in [0.2, 0.25) is 0 Å². The van der Waals surface area contributed by atoms with Crippen molar-refractivity contribution < 1.29 is 4.74 Å². The van der Waals surface area contributed by atoms with Gasteiger partial charge in [0, 0.05) is 38.2 Å². The van der Waals surface area contributed by atoms with Crippen molar-refractivity contribution in [1.29, 1.82) is 0 Å². The number of ether oxygens (including phenoxy) is 1. The summed E-state index contributed by atoms with van der Waals surface area (Å²) in [5.74, 6) is 2.14. The van der Waals surface area contributed by atoms with Crippen LogP contribution in [-0.4, -0.2) is 29.8 Å². The van der Waals surface area contributed by atoms with Crippen molar-refractivity contribution in [2.24, 2.45) is 7.05 Å². The Morgan fingerprint density at radius 2 is 2.32 bits per heavy atom. The first-order chi connectivity index (χ1) is 9.28. The van der Waals surface area contributed by atoms with Crippen molar-refractivity contribution in [3.63, 3.8) is 0 Å². The largest absolute Gasteiger partial charge is 0.493 e. The van der Waals surface area contributed by atoms with Crippen molar-refractivity contribution in [2.75, 3.05) is 20.2 Å². The van der Waals surface area contributed by atoms with Crippen LogP contribution in [0, 0.1) is 0 Å². The average molecular weight is 257 g/mol. The Kier molecular flexibility index (Phi) is 3.25. The van der Waals surface area contributed by atoms with Gasteiger partial charge in [-0.2, -0.15) is 0 Å². The summed E-state index contributed by atoms with van der Waals surface area (Å²) in [4.78, 5) is 4.73. The second kappa shape index (κ2) is 5.05. The van der Waals surface area contributed by atoms with E-state index >= 15 is 0 Å². The Hall–Kier alpha value is -1.81. The van der Waals surface area contributed by atoms with E-state index in [-0.39, 0.29) is 0 Å². The molecule has 0 unspecified atom stereocenters. The minimum atomic E-state index is 0.800. The van der Waals surface area contributed by atoms with Gasteiger partial charge in [-0.1, -0.05) is 0 Å². The van der Waals surface area contributed by atoms with Gasteiger partial charge in [-0.05, 0) is 30.8 Å². The normalized spacial score (nSPS) is 13.4. The molecule has 3 rings (SSSR count). The number of imidazole rings is 1. The third kappa shape index (κ3) is 2.36. The van der Waals surface area contributed by atoms with Crippen LogP contribution in [0.1, 0.15) is 11.4 Å². The van der Waals surface area contributed by atoms with Gasteiger partial charge in [-0.3, -0.25) is 0 Å². The molecule has 1 aliphatic rings. The highest BCUT2D eigenvalue weighted by atomic mass is 16.5. The van der Waals surface area contributed by atoms with Gasteiger partial charge in [0.15, 0.2) is 0 Å². The van der Waals surface area contributed by atoms with Gasteiger partial charge in [0.1, 0.15) is 11.6 Å². The molecule has 0 amide bonds. The molecular weight excluding hydrogens is 238 g/mol. The fourth-order valence-corrected chi connectivity index (χ4v) is 2.46. The number of aryl methyl sites for hydroxylation is 1. The van der Waals surface area contributed by atoms with Crippen LogP contribution < -0.4 is 10.1 Å². The molecule has 1 aliphatic heterocycles.